The van der Waals surface area contributed by atoms with Crippen molar-refractivity contribution in [3.05, 3.63) is 29.3 Å². The van der Waals surface area contributed by atoms with E-state index in [2.05, 4.69) is 16.7 Å². The monoisotopic (exact) mass is 361 g/mol. The minimum atomic E-state index is -0.379. The molecule has 0 spiro atoms. The maximum absolute atomic E-state index is 12.4. The molecule has 26 heavy (non-hydrogen) atoms. The first-order chi connectivity index (χ1) is 12.6. The lowest BCUT2D eigenvalue weighted by Gasteiger charge is -2.33. The van der Waals surface area contributed by atoms with Crippen LogP contribution < -0.4 is 15.4 Å². The third-order valence-electron chi connectivity index (χ3n) is 5.15. The number of nitrogens with one attached hydrogen (secondary N) is 2. The lowest BCUT2D eigenvalue weighted by atomic mass is 10.1. The van der Waals surface area contributed by atoms with Gasteiger partial charge in [0.25, 0.3) is 0 Å². The number of rotatable bonds is 7. The van der Waals surface area contributed by atoms with Gasteiger partial charge in [-0.1, -0.05) is 13.0 Å². The van der Waals surface area contributed by atoms with Gasteiger partial charge < -0.3 is 25.0 Å². The lowest BCUT2D eigenvalue weighted by molar-refractivity contribution is -0.147. The van der Waals surface area contributed by atoms with E-state index in [1.807, 2.05) is 19.1 Å². The number of methoxy groups -OCH3 is 2. The number of nitrogens with zero attached hydrogens (tertiary/aromatic N) is 1. The standard InChI is InChI=1S/C19H27N3O4/c1-4-15-19(24)22-10-14(8-16(22)18(23)21-15)20-9-12-5-6-17(26-3)13(7-12)11-25-2/h5-7,14-16,20H,4,8-11H2,1-3H3,(H,21,23)/t14-,15-,16-/m0/s1. The zero-order chi connectivity index (χ0) is 18.7. The molecule has 2 saturated heterocycles. The van der Waals surface area contributed by atoms with Crippen LogP contribution in [0.1, 0.15) is 30.9 Å². The van der Waals surface area contributed by atoms with Crippen LogP contribution >= 0.6 is 0 Å². The summed E-state index contributed by atoms with van der Waals surface area (Å²) in [5, 5.41) is 6.31. The number of ether oxygens (including phenoxy) is 2. The van der Waals surface area contributed by atoms with Crippen molar-refractivity contribution in [2.75, 3.05) is 20.8 Å². The van der Waals surface area contributed by atoms with Crippen molar-refractivity contribution in [2.24, 2.45) is 0 Å². The normalized spacial score (nSPS) is 25.2. The summed E-state index contributed by atoms with van der Waals surface area (Å²) in [5.74, 6) is 0.808. The topological polar surface area (TPSA) is 79.9 Å². The molecule has 0 bridgehead atoms. The van der Waals surface area contributed by atoms with Crippen LogP contribution in [0.5, 0.6) is 5.75 Å². The van der Waals surface area contributed by atoms with Gasteiger partial charge in [-0.05, 0) is 30.5 Å². The third-order valence-corrected chi connectivity index (χ3v) is 5.15. The van der Waals surface area contributed by atoms with Gasteiger partial charge in [0.15, 0.2) is 0 Å². The second kappa shape index (κ2) is 8.05. The van der Waals surface area contributed by atoms with Crippen LogP contribution in [0.3, 0.4) is 0 Å². The van der Waals surface area contributed by atoms with Crippen molar-refractivity contribution in [1.82, 2.24) is 15.5 Å². The molecule has 142 valence electrons. The average Bonchev–Trinajstić information content (AvgIpc) is 3.08. The second-order valence-corrected chi connectivity index (χ2v) is 6.87. The molecule has 3 atom stereocenters. The summed E-state index contributed by atoms with van der Waals surface area (Å²) in [5.41, 5.74) is 2.11. The van der Waals surface area contributed by atoms with Crippen LogP contribution in [0.2, 0.25) is 0 Å². The maximum atomic E-state index is 12.4. The van der Waals surface area contributed by atoms with E-state index in [0.29, 0.717) is 32.5 Å². The fourth-order valence-corrected chi connectivity index (χ4v) is 3.75. The van der Waals surface area contributed by atoms with Gasteiger partial charge in [-0.3, -0.25) is 9.59 Å². The van der Waals surface area contributed by atoms with E-state index in [-0.39, 0.29) is 29.9 Å². The Labute approximate surface area is 154 Å². The molecule has 0 unspecified atom stereocenters. The molecule has 2 heterocycles. The highest BCUT2D eigenvalue weighted by atomic mass is 16.5. The zero-order valence-corrected chi connectivity index (χ0v) is 15.6. The van der Waals surface area contributed by atoms with Crippen LogP contribution in [0.15, 0.2) is 18.2 Å². The molecule has 2 N–H and O–H groups in total. The van der Waals surface area contributed by atoms with Crippen molar-refractivity contribution < 1.29 is 19.1 Å². The fourth-order valence-electron chi connectivity index (χ4n) is 3.75. The first kappa shape index (κ1) is 18.7. The highest BCUT2D eigenvalue weighted by Crippen LogP contribution is 2.24. The van der Waals surface area contributed by atoms with E-state index in [1.165, 1.54) is 0 Å². The van der Waals surface area contributed by atoms with Gasteiger partial charge in [0.05, 0.1) is 13.7 Å². The summed E-state index contributed by atoms with van der Waals surface area (Å²) in [6.07, 6.45) is 1.27. The first-order valence-corrected chi connectivity index (χ1v) is 9.06. The molecule has 7 nitrogen and oxygen atoms in total. The van der Waals surface area contributed by atoms with Gasteiger partial charge in [-0.15, -0.1) is 0 Å². The van der Waals surface area contributed by atoms with E-state index in [1.54, 1.807) is 19.1 Å². The number of carbonyl (C=O) groups is 2. The maximum Gasteiger partial charge on any atom is 0.245 e. The summed E-state index contributed by atoms with van der Waals surface area (Å²) in [4.78, 5) is 26.4. The third kappa shape index (κ3) is 3.68. The molecule has 2 aliphatic heterocycles. The molecule has 2 amide bonds. The summed E-state index contributed by atoms with van der Waals surface area (Å²) >= 11 is 0. The van der Waals surface area contributed by atoms with Gasteiger partial charge in [0, 0.05) is 31.8 Å². The Balaban J connectivity index is 1.62. The molecule has 0 radical (unpaired) electrons. The van der Waals surface area contributed by atoms with E-state index >= 15 is 0 Å². The summed E-state index contributed by atoms with van der Waals surface area (Å²) in [6, 6.07) is 5.39. The minimum absolute atomic E-state index is 0.0346. The van der Waals surface area contributed by atoms with Gasteiger partial charge in [0.1, 0.15) is 17.8 Å². The van der Waals surface area contributed by atoms with Gasteiger partial charge in [-0.2, -0.15) is 0 Å². The van der Waals surface area contributed by atoms with Crippen molar-refractivity contribution in [3.63, 3.8) is 0 Å². The van der Waals surface area contributed by atoms with Gasteiger partial charge >= 0.3 is 0 Å². The number of benzene rings is 1. The van der Waals surface area contributed by atoms with Crippen LogP contribution in [0.4, 0.5) is 0 Å². The Kier molecular flexibility index (Phi) is 5.78. The number of carbonyl (C=O) groups excluding carboxylic acids is 2. The Morgan fingerprint density at radius 1 is 1.31 bits per heavy atom. The van der Waals surface area contributed by atoms with Crippen LogP contribution in [-0.2, 0) is 27.5 Å². The van der Waals surface area contributed by atoms with E-state index in [4.69, 9.17) is 9.47 Å². The molecule has 1 aromatic carbocycles. The quantitative estimate of drug-likeness (QED) is 0.751. The number of hydrogen-bond acceptors (Lipinski definition) is 5. The summed E-state index contributed by atoms with van der Waals surface area (Å²) in [6.45, 7) is 3.65. The Morgan fingerprint density at radius 2 is 2.12 bits per heavy atom. The fraction of sp³-hybridized carbons (Fsp3) is 0.579. The largest absolute Gasteiger partial charge is 0.496 e. The number of piperazine rings is 1. The lowest BCUT2D eigenvalue weighted by Crippen LogP contribution is -2.60. The van der Waals surface area contributed by atoms with Crippen molar-refractivity contribution >= 4 is 11.8 Å². The SMILES string of the molecule is CC[C@@H]1NC(=O)[C@@H]2C[C@H](NCc3ccc(OC)c(COC)c3)CN2C1=O. The van der Waals surface area contributed by atoms with E-state index in [0.717, 1.165) is 16.9 Å². The molecule has 1 aromatic rings. The smallest absolute Gasteiger partial charge is 0.245 e. The number of amides is 2. The Bertz CT molecular complexity index is 679. The van der Waals surface area contributed by atoms with Gasteiger partial charge in [0.2, 0.25) is 11.8 Å². The van der Waals surface area contributed by atoms with E-state index in [9.17, 15) is 9.59 Å². The van der Waals surface area contributed by atoms with Crippen LogP contribution in [0, 0.1) is 0 Å². The highest BCUT2D eigenvalue weighted by Gasteiger charge is 2.45. The predicted octanol–water partition coefficient (Wildman–Crippen LogP) is 0.809. The molecule has 2 fully saturated rings. The summed E-state index contributed by atoms with van der Waals surface area (Å²) < 4.78 is 10.6. The predicted molar refractivity (Wildman–Crippen MR) is 96.7 cm³/mol. The highest BCUT2D eigenvalue weighted by molar-refractivity contribution is 5.97. The molecular formula is C19H27N3O4. The molecule has 0 aromatic heterocycles. The molecular weight excluding hydrogens is 334 g/mol. The van der Waals surface area contributed by atoms with Crippen molar-refractivity contribution in [3.8, 4) is 5.75 Å². The Morgan fingerprint density at radius 3 is 2.81 bits per heavy atom. The molecule has 2 aliphatic rings. The molecule has 7 heteroatoms. The zero-order valence-electron chi connectivity index (χ0n) is 15.6. The van der Waals surface area contributed by atoms with Crippen LogP contribution in [0.25, 0.3) is 0 Å². The summed E-state index contributed by atoms with van der Waals surface area (Å²) in [7, 11) is 3.30. The average molecular weight is 361 g/mol. The number of hydrogen-bond donors (Lipinski definition) is 2. The van der Waals surface area contributed by atoms with Crippen molar-refractivity contribution in [1.29, 1.82) is 0 Å². The van der Waals surface area contributed by atoms with Crippen molar-refractivity contribution in [2.45, 2.75) is 51.0 Å². The Hall–Kier alpha value is -2.12. The minimum Gasteiger partial charge on any atom is -0.496 e. The van der Waals surface area contributed by atoms with Crippen LogP contribution in [-0.4, -0.2) is 55.6 Å². The van der Waals surface area contributed by atoms with E-state index < -0.39 is 0 Å². The van der Waals surface area contributed by atoms with Gasteiger partial charge in [-0.25, -0.2) is 0 Å². The first-order valence-electron chi connectivity index (χ1n) is 9.06. The molecule has 0 aliphatic carbocycles. The molecule has 0 saturated carbocycles. The second-order valence-electron chi connectivity index (χ2n) is 6.87. The number of fused-ring (bicyclic) bond motifs is 1. The molecule has 3 rings (SSSR count).